The van der Waals surface area contributed by atoms with Crippen LogP contribution in [-0.2, 0) is 32.7 Å². The van der Waals surface area contributed by atoms with Crippen molar-refractivity contribution in [2.45, 2.75) is 38.8 Å². The van der Waals surface area contributed by atoms with Gasteiger partial charge >= 0.3 is 0 Å². The van der Waals surface area contributed by atoms with Gasteiger partial charge in [-0.05, 0) is 36.1 Å². The molecule has 9 heteroatoms. The summed E-state index contributed by atoms with van der Waals surface area (Å²) in [6.07, 6.45) is 3.20. The lowest BCUT2D eigenvalue weighted by molar-refractivity contribution is -0.128. The maximum absolute atomic E-state index is 12.4. The van der Waals surface area contributed by atoms with Crippen LogP contribution in [0.5, 0.6) is 5.75 Å². The zero-order chi connectivity index (χ0) is 23.8. The molecule has 2 aromatic rings. The average Bonchev–Trinajstić information content (AvgIpc) is 3.19. The van der Waals surface area contributed by atoms with Crippen LogP contribution in [0.25, 0.3) is 0 Å². The van der Waals surface area contributed by atoms with Crippen LogP contribution < -0.4 is 14.4 Å². The molecular formula is C24H31N3O5S. The fraction of sp³-hybridized carbons (Fsp3) is 0.417. The number of amides is 2. The minimum atomic E-state index is -3.50. The normalized spacial score (nSPS) is 13.8. The molecule has 1 aliphatic heterocycles. The van der Waals surface area contributed by atoms with Crippen molar-refractivity contribution >= 4 is 27.5 Å². The number of rotatable bonds is 11. The number of likely N-dealkylation sites (tertiary alicyclic amines) is 1. The van der Waals surface area contributed by atoms with E-state index in [9.17, 15) is 18.0 Å². The van der Waals surface area contributed by atoms with Gasteiger partial charge in [-0.25, -0.2) is 8.42 Å². The minimum absolute atomic E-state index is 0.152. The van der Waals surface area contributed by atoms with Crippen LogP contribution in [0.1, 0.15) is 36.8 Å². The first-order chi connectivity index (χ1) is 15.8. The van der Waals surface area contributed by atoms with E-state index in [1.807, 2.05) is 29.2 Å². The molecule has 0 aromatic heterocycles. The lowest BCUT2D eigenvalue weighted by Crippen LogP contribution is -2.32. The molecule has 3 rings (SSSR count). The highest BCUT2D eigenvalue weighted by Gasteiger charge is 2.21. The number of sulfonamides is 1. The Morgan fingerprint density at radius 2 is 1.91 bits per heavy atom. The molecule has 2 amide bonds. The first-order valence-electron chi connectivity index (χ1n) is 11.0. The lowest BCUT2D eigenvalue weighted by atomic mass is 10.1. The third kappa shape index (κ3) is 6.95. The molecular weight excluding hydrogens is 442 g/mol. The number of nitrogens with zero attached hydrogens (tertiary/aromatic N) is 2. The number of anilines is 1. The number of ether oxygens (including phenoxy) is 1. The third-order valence-corrected chi connectivity index (χ3v) is 6.83. The van der Waals surface area contributed by atoms with Crippen molar-refractivity contribution in [1.82, 2.24) is 10.2 Å². The van der Waals surface area contributed by atoms with Crippen LogP contribution in [0.3, 0.4) is 0 Å². The van der Waals surface area contributed by atoms with E-state index in [2.05, 4.69) is 5.32 Å². The maximum Gasteiger partial charge on any atom is 0.232 e. The van der Waals surface area contributed by atoms with Crippen molar-refractivity contribution in [3.63, 3.8) is 0 Å². The number of benzene rings is 2. The second-order valence-corrected chi connectivity index (χ2v) is 10.0. The molecule has 1 aliphatic rings. The first kappa shape index (κ1) is 24.6. The van der Waals surface area contributed by atoms with Gasteiger partial charge in [0.2, 0.25) is 21.8 Å². The molecule has 0 bridgehead atoms. The Bertz CT molecular complexity index is 1090. The monoisotopic (exact) mass is 473 g/mol. The molecule has 33 heavy (non-hydrogen) atoms. The molecule has 0 spiro atoms. The molecule has 0 atom stereocenters. The molecule has 178 valence electrons. The Balaban J connectivity index is 1.53. The fourth-order valence-corrected chi connectivity index (χ4v) is 4.84. The lowest BCUT2D eigenvalue weighted by Gasteiger charge is -2.22. The van der Waals surface area contributed by atoms with Crippen molar-refractivity contribution in [2.75, 3.05) is 30.8 Å². The largest absolute Gasteiger partial charge is 0.497 e. The van der Waals surface area contributed by atoms with Gasteiger partial charge in [0.15, 0.2) is 0 Å². The Labute approximate surface area is 195 Å². The Morgan fingerprint density at radius 1 is 1.15 bits per heavy atom. The zero-order valence-corrected chi connectivity index (χ0v) is 19.9. The van der Waals surface area contributed by atoms with Gasteiger partial charge in [-0.3, -0.25) is 13.9 Å². The highest BCUT2D eigenvalue weighted by atomic mass is 32.2. The molecule has 8 nitrogen and oxygen atoms in total. The van der Waals surface area contributed by atoms with Gasteiger partial charge in [-0.15, -0.1) is 0 Å². The zero-order valence-electron chi connectivity index (χ0n) is 19.1. The highest BCUT2D eigenvalue weighted by Crippen LogP contribution is 2.23. The number of hydrogen-bond acceptors (Lipinski definition) is 5. The number of nitrogens with one attached hydrogen (secondary N) is 1. The smallest absolute Gasteiger partial charge is 0.232 e. The van der Waals surface area contributed by atoms with E-state index in [1.54, 1.807) is 24.3 Å². The van der Waals surface area contributed by atoms with Gasteiger partial charge in [0.1, 0.15) is 5.75 Å². The van der Waals surface area contributed by atoms with E-state index >= 15 is 0 Å². The number of hydrogen-bond donors (Lipinski definition) is 1. The van der Waals surface area contributed by atoms with Crippen LogP contribution in [0, 0.1) is 0 Å². The summed E-state index contributed by atoms with van der Waals surface area (Å²) >= 11 is 0. The summed E-state index contributed by atoms with van der Waals surface area (Å²) in [5.74, 6) is 0.578. The van der Waals surface area contributed by atoms with Crippen molar-refractivity contribution in [1.29, 1.82) is 0 Å². The summed E-state index contributed by atoms with van der Waals surface area (Å²) in [4.78, 5) is 26.2. The van der Waals surface area contributed by atoms with Crippen molar-refractivity contribution in [3.05, 3.63) is 59.7 Å². The SMILES string of the molecule is COc1cccc(N(CCCC(=O)NCc2ccccc2CN2CCCC2=O)S(C)(=O)=O)c1. The van der Waals surface area contributed by atoms with Crippen molar-refractivity contribution in [2.24, 2.45) is 0 Å². The quantitative estimate of drug-likeness (QED) is 0.541. The predicted molar refractivity (Wildman–Crippen MR) is 127 cm³/mol. The molecule has 1 N–H and O–H groups in total. The second-order valence-electron chi connectivity index (χ2n) is 8.10. The highest BCUT2D eigenvalue weighted by molar-refractivity contribution is 7.92. The molecule has 0 aliphatic carbocycles. The Morgan fingerprint density at radius 3 is 2.58 bits per heavy atom. The standard InChI is InChI=1S/C24H31N3O5S/c1-32-22-11-5-10-21(16-22)27(33(2,30)31)15-6-12-23(28)25-17-19-8-3-4-9-20(19)18-26-14-7-13-24(26)29/h3-5,8-11,16H,6-7,12-15,17-18H2,1-2H3,(H,25,28). The Hall–Kier alpha value is -3.07. The van der Waals surface area contributed by atoms with Gasteiger partial charge < -0.3 is 15.0 Å². The van der Waals surface area contributed by atoms with Crippen LogP contribution >= 0.6 is 0 Å². The van der Waals surface area contributed by atoms with Crippen LogP contribution in [0.4, 0.5) is 5.69 Å². The average molecular weight is 474 g/mol. The van der Waals surface area contributed by atoms with Crippen molar-refractivity contribution in [3.8, 4) is 5.75 Å². The number of carbonyl (C=O) groups is 2. The minimum Gasteiger partial charge on any atom is -0.497 e. The molecule has 1 fully saturated rings. The molecule has 0 unspecified atom stereocenters. The molecule has 0 saturated carbocycles. The molecule has 1 heterocycles. The van der Waals surface area contributed by atoms with E-state index < -0.39 is 10.0 Å². The van der Waals surface area contributed by atoms with Gasteiger partial charge in [0.05, 0.1) is 19.1 Å². The van der Waals surface area contributed by atoms with E-state index in [0.717, 1.165) is 30.3 Å². The fourth-order valence-electron chi connectivity index (χ4n) is 3.88. The van der Waals surface area contributed by atoms with Gasteiger partial charge in [0, 0.05) is 45.1 Å². The summed E-state index contributed by atoms with van der Waals surface area (Å²) in [6.45, 7) is 1.87. The second kappa shape index (κ2) is 11.2. The predicted octanol–water partition coefficient (Wildman–Crippen LogP) is 2.68. The number of methoxy groups -OCH3 is 1. The molecule has 0 radical (unpaired) electrons. The van der Waals surface area contributed by atoms with E-state index in [0.29, 0.717) is 37.4 Å². The Kier molecular flexibility index (Phi) is 8.32. The van der Waals surface area contributed by atoms with Crippen molar-refractivity contribution < 1.29 is 22.7 Å². The summed E-state index contributed by atoms with van der Waals surface area (Å²) in [5.41, 5.74) is 2.50. The van der Waals surface area contributed by atoms with Crippen LogP contribution in [-0.4, -0.2) is 51.6 Å². The van der Waals surface area contributed by atoms with Gasteiger partial charge in [-0.1, -0.05) is 30.3 Å². The number of carbonyl (C=O) groups excluding carboxylic acids is 2. The topological polar surface area (TPSA) is 96.0 Å². The first-order valence-corrected chi connectivity index (χ1v) is 12.9. The summed E-state index contributed by atoms with van der Waals surface area (Å²) in [6, 6.07) is 14.6. The van der Waals surface area contributed by atoms with Gasteiger partial charge in [0.25, 0.3) is 0 Å². The maximum atomic E-state index is 12.4. The van der Waals surface area contributed by atoms with Crippen LogP contribution in [0.2, 0.25) is 0 Å². The van der Waals surface area contributed by atoms with Crippen LogP contribution in [0.15, 0.2) is 48.5 Å². The van der Waals surface area contributed by atoms with Gasteiger partial charge in [-0.2, -0.15) is 0 Å². The van der Waals surface area contributed by atoms with E-state index in [-0.39, 0.29) is 24.8 Å². The summed E-state index contributed by atoms with van der Waals surface area (Å²) in [7, 11) is -1.98. The summed E-state index contributed by atoms with van der Waals surface area (Å²) < 4.78 is 31.0. The third-order valence-electron chi connectivity index (χ3n) is 5.63. The van der Waals surface area contributed by atoms with E-state index in [4.69, 9.17) is 4.74 Å². The van der Waals surface area contributed by atoms with E-state index in [1.165, 1.54) is 11.4 Å². The molecule has 1 saturated heterocycles. The molecule has 2 aromatic carbocycles. The summed E-state index contributed by atoms with van der Waals surface area (Å²) in [5, 5.41) is 2.92.